The second kappa shape index (κ2) is 4.62. The van der Waals surface area contributed by atoms with Gasteiger partial charge >= 0.3 is 15.3 Å². The summed E-state index contributed by atoms with van der Waals surface area (Å²) in [5.74, 6) is -3.32. The second-order valence-corrected chi connectivity index (χ2v) is 13.4. The molecule has 1 heterocycles. The Labute approximate surface area is 103 Å². The Kier molecular flexibility index (Phi) is 4.36. The molecule has 0 aromatic heterocycles. The molecule has 0 bridgehead atoms. The maximum absolute atomic E-state index is 14.3. The van der Waals surface area contributed by atoms with E-state index in [4.69, 9.17) is 22.5 Å². The number of nitrogens with zero attached hydrogens (tertiary/aromatic N) is 5. The molecule has 0 aliphatic carbocycles. The molecular weight excluding hydrogens is 320 g/mol. The molecule has 0 radical (unpaired) electrons. The van der Waals surface area contributed by atoms with Gasteiger partial charge in [0.1, 0.15) is 0 Å². The molecule has 0 N–H and O–H groups in total. The summed E-state index contributed by atoms with van der Waals surface area (Å²) in [6.45, 7) is 0. The zero-order valence-electron chi connectivity index (χ0n) is 9.09. The summed E-state index contributed by atoms with van der Waals surface area (Å²) in [7, 11) is -1.98. The van der Waals surface area contributed by atoms with Crippen molar-refractivity contribution >= 4 is 43.7 Å². The molecule has 5 nitrogen and oxygen atoms in total. The van der Waals surface area contributed by atoms with Gasteiger partial charge < -0.3 is 0 Å². The average Bonchev–Trinajstić information content (AvgIpc) is 1.98. The van der Waals surface area contributed by atoms with Crippen molar-refractivity contribution in [2.75, 3.05) is 28.2 Å². The van der Waals surface area contributed by atoms with Crippen LogP contribution in [0.4, 0.5) is 8.39 Å². The molecule has 0 fully saturated rings. The van der Waals surface area contributed by atoms with Crippen LogP contribution in [0.3, 0.4) is 0 Å². The van der Waals surface area contributed by atoms with Crippen molar-refractivity contribution in [2.24, 2.45) is 13.5 Å². The lowest BCUT2D eigenvalue weighted by atomic mass is 11.3. The van der Waals surface area contributed by atoms with Crippen molar-refractivity contribution in [3.05, 3.63) is 0 Å². The van der Waals surface area contributed by atoms with E-state index < -0.39 is 21.2 Å². The van der Waals surface area contributed by atoms with Gasteiger partial charge in [-0.1, -0.05) is 0 Å². The first-order valence-electron chi connectivity index (χ1n) is 4.06. The summed E-state index contributed by atoms with van der Waals surface area (Å²) < 4.78 is 41.5. The summed E-state index contributed by atoms with van der Waals surface area (Å²) in [5.41, 5.74) is 0. The van der Waals surface area contributed by atoms with Crippen LogP contribution in [0.25, 0.3) is 0 Å². The van der Waals surface area contributed by atoms with Gasteiger partial charge in [-0.3, -0.25) is 0 Å². The third-order valence-corrected chi connectivity index (χ3v) is 11.5. The smallest absolute Gasteiger partial charge is 0.232 e. The average molecular weight is 332 g/mol. The zero-order valence-corrected chi connectivity index (χ0v) is 13.3. The van der Waals surface area contributed by atoms with E-state index >= 15 is 0 Å². The fourth-order valence-electron chi connectivity index (χ4n) is 0.792. The van der Waals surface area contributed by atoms with Crippen LogP contribution >= 0.6 is 43.7 Å². The maximum Gasteiger partial charge on any atom is 0.322 e. The predicted molar refractivity (Wildman–Crippen MR) is 69.3 cm³/mol. The minimum Gasteiger partial charge on any atom is -0.232 e. The summed E-state index contributed by atoms with van der Waals surface area (Å²) >= 11 is 11.5. The normalized spacial score (nSPS) is 37.9. The van der Waals surface area contributed by atoms with Gasteiger partial charge in [0.05, 0.1) is 0 Å². The van der Waals surface area contributed by atoms with Gasteiger partial charge in [-0.25, -0.2) is 9.34 Å². The molecule has 0 saturated heterocycles. The molecule has 0 spiro atoms. The standard InChI is InChI=1S/C4H12Cl2F2N5P3/c1-12(2)15(7)9-14(5,6)10-16(8,11-15)13(3)4/h1-4H3/t15-,16-/m1/s1. The van der Waals surface area contributed by atoms with Gasteiger partial charge in [-0.15, -0.1) is 0 Å². The van der Waals surface area contributed by atoms with Gasteiger partial charge in [0.15, 0.2) is 0 Å². The molecule has 1 aliphatic heterocycles. The topological polar surface area (TPSA) is 43.6 Å². The summed E-state index contributed by atoms with van der Waals surface area (Å²) in [4.78, 5) is 0. The number of hydrogen-bond donors (Lipinski definition) is 0. The molecule has 2 atom stereocenters. The molecular formula is C4H12Cl2F2N5P3. The third-order valence-electron chi connectivity index (χ3n) is 1.69. The van der Waals surface area contributed by atoms with E-state index in [0.29, 0.717) is 0 Å². The molecule has 1 aliphatic rings. The third kappa shape index (κ3) is 3.08. The Bertz CT molecular complexity index is 441. The van der Waals surface area contributed by atoms with Gasteiger partial charge in [0, 0.05) is 0 Å². The maximum atomic E-state index is 14.3. The minimum atomic E-state index is -3.82. The van der Waals surface area contributed by atoms with E-state index in [2.05, 4.69) is 13.5 Å². The van der Waals surface area contributed by atoms with Crippen LogP contribution in [-0.2, 0) is 0 Å². The molecule has 96 valence electrons. The van der Waals surface area contributed by atoms with Crippen molar-refractivity contribution in [3.63, 3.8) is 0 Å². The van der Waals surface area contributed by atoms with Crippen molar-refractivity contribution in [3.8, 4) is 0 Å². The molecule has 12 heteroatoms. The van der Waals surface area contributed by atoms with Gasteiger partial charge in [-0.2, -0.15) is 21.9 Å². The highest BCUT2D eigenvalue weighted by molar-refractivity contribution is 8.13. The van der Waals surface area contributed by atoms with Gasteiger partial charge in [0.2, 0.25) is 0 Å². The molecule has 0 aromatic carbocycles. The van der Waals surface area contributed by atoms with Crippen molar-refractivity contribution in [1.29, 1.82) is 0 Å². The number of rotatable bonds is 2. The van der Waals surface area contributed by atoms with E-state index in [0.717, 1.165) is 9.34 Å². The van der Waals surface area contributed by atoms with E-state index in [1.54, 1.807) is 0 Å². The first-order valence-corrected chi connectivity index (χ1v) is 10.6. The van der Waals surface area contributed by atoms with Crippen LogP contribution in [0.15, 0.2) is 13.5 Å². The van der Waals surface area contributed by atoms with Gasteiger partial charge in [-0.05, 0) is 50.7 Å². The lowest BCUT2D eigenvalue weighted by Gasteiger charge is -2.28. The second-order valence-electron chi connectivity index (χ2n) is 3.41. The first kappa shape index (κ1) is 15.1. The highest BCUT2D eigenvalue weighted by Gasteiger charge is 2.38. The Morgan fingerprint density at radius 3 is 1.56 bits per heavy atom. The summed E-state index contributed by atoms with van der Waals surface area (Å²) in [5, 5.41) is 0. The Hall–Kier alpha value is 1.05. The summed E-state index contributed by atoms with van der Waals surface area (Å²) in [6.07, 6.45) is 0. The molecule has 0 amide bonds. The molecule has 0 unspecified atom stereocenters. The molecule has 0 saturated carbocycles. The van der Waals surface area contributed by atoms with Crippen LogP contribution in [0.2, 0.25) is 0 Å². The summed E-state index contributed by atoms with van der Waals surface area (Å²) in [6, 6.07) is 0. The molecule has 16 heavy (non-hydrogen) atoms. The number of hydrogen-bond acceptors (Lipinski definition) is 5. The fraction of sp³-hybridized carbons (Fsp3) is 1.00. The van der Waals surface area contributed by atoms with E-state index in [9.17, 15) is 8.39 Å². The van der Waals surface area contributed by atoms with E-state index in [1.165, 1.54) is 28.2 Å². The fourth-order valence-corrected chi connectivity index (χ4v) is 11.2. The Morgan fingerprint density at radius 2 is 1.19 bits per heavy atom. The van der Waals surface area contributed by atoms with Crippen LogP contribution in [0, 0.1) is 0 Å². The van der Waals surface area contributed by atoms with Crippen LogP contribution in [-0.4, -0.2) is 37.5 Å². The van der Waals surface area contributed by atoms with Crippen LogP contribution in [0.1, 0.15) is 0 Å². The SMILES string of the molecule is CN(C)[P@]1(F)=NP(Cl)(Cl)=N[P@@](F)(N(C)C)=N1. The highest BCUT2D eigenvalue weighted by atomic mass is 35.9. The van der Waals surface area contributed by atoms with Gasteiger partial charge in [0.25, 0.3) is 5.91 Å². The predicted octanol–water partition coefficient (Wildman–Crippen LogP) is 5.38. The van der Waals surface area contributed by atoms with Crippen molar-refractivity contribution < 1.29 is 8.39 Å². The Morgan fingerprint density at radius 1 is 0.812 bits per heavy atom. The van der Waals surface area contributed by atoms with Crippen molar-refractivity contribution in [2.45, 2.75) is 0 Å². The first-order chi connectivity index (χ1) is 7.01. The van der Waals surface area contributed by atoms with Crippen LogP contribution in [0.5, 0.6) is 0 Å². The monoisotopic (exact) mass is 331 g/mol. The quantitative estimate of drug-likeness (QED) is 0.637. The van der Waals surface area contributed by atoms with Crippen LogP contribution < -0.4 is 0 Å². The lowest BCUT2D eigenvalue weighted by Crippen LogP contribution is -2.08. The number of halogens is 4. The van der Waals surface area contributed by atoms with E-state index in [-0.39, 0.29) is 0 Å². The molecule has 0 aromatic rings. The highest BCUT2D eigenvalue weighted by Crippen LogP contribution is 2.83. The van der Waals surface area contributed by atoms with E-state index in [1.807, 2.05) is 0 Å². The minimum absolute atomic E-state index is 1.11. The largest absolute Gasteiger partial charge is 0.322 e. The van der Waals surface area contributed by atoms with Crippen molar-refractivity contribution in [1.82, 2.24) is 9.34 Å². The zero-order chi connectivity index (χ0) is 12.8. The lowest BCUT2D eigenvalue weighted by molar-refractivity contribution is 0.594. The molecule has 1 rings (SSSR count). The Balaban J connectivity index is 3.56.